The summed E-state index contributed by atoms with van der Waals surface area (Å²) >= 11 is 4.80. The molecule has 0 amide bonds. The van der Waals surface area contributed by atoms with E-state index in [1.165, 1.54) is 18.5 Å². The molecule has 3 N–H and O–H groups in total. The number of aromatic amines is 1. The fourth-order valence-electron chi connectivity index (χ4n) is 1.41. The summed E-state index contributed by atoms with van der Waals surface area (Å²) < 4.78 is 0.252. The Balaban J connectivity index is 2.38. The van der Waals surface area contributed by atoms with E-state index in [9.17, 15) is 10.1 Å². The summed E-state index contributed by atoms with van der Waals surface area (Å²) in [7, 11) is 0. The minimum Gasteiger partial charge on any atom is -0.383 e. The van der Waals surface area contributed by atoms with Gasteiger partial charge in [0.15, 0.2) is 4.77 Å². The molecule has 1 aromatic heterocycles. The molecule has 0 fully saturated rings. The van der Waals surface area contributed by atoms with Gasteiger partial charge in [0.2, 0.25) is 0 Å². The Bertz CT molecular complexity index is 710. The summed E-state index contributed by atoms with van der Waals surface area (Å²) in [5.41, 5.74) is 6.40. The van der Waals surface area contributed by atoms with Gasteiger partial charge in [-0.15, -0.1) is 0 Å². The lowest BCUT2D eigenvalue weighted by molar-refractivity contribution is -0.385. The molecule has 0 aliphatic carbocycles. The van der Waals surface area contributed by atoms with Crippen molar-refractivity contribution in [3.8, 4) is 0 Å². The summed E-state index contributed by atoms with van der Waals surface area (Å²) in [6.45, 7) is 0. The first kappa shape index (κ1) is 12.8. The van der Waals surface area contributed by atoms with Gasteiger partial charge < -0.3 is 10.7 Å². The van der Waals surface area contributed by atoms with Crippen molar-refractivity contribution < 1.29 is 4.92 Å². The first-order chi connectivity index (χ1) is 9.08. The number of H-pyrrole nitrogens is 1. The van der Waals surface area contributed by atoms with E-state index >= 15 is 0 Å². The smallest absolute Gasteiger partial charge is 0.278 e. The topological polar surface area (TPSA) is 110 Å². The number of nitro benzene ring substituents is 1. The zero-order valence-corrected chi connectivity index (χ0v) is 10.4. The number of benzene rings is 1. The van der Waals surface area contributed by atoms with E-state index in [0.29, 0.717) is 11.3 Å². The average Bonchev–Trinajstić information content (AvgIpc) is 2.38. The Morgan fingerprint density at radius 2 is 2.21 bits per heavy atom. The van der Waals surface area contributed by atoms with Crippen LogP contribution in [0.5, 0.6) is 0 Å². The molecule has 2 rings (SSSR count). The van der Waals surface area contributed by atoms with Crippen molar-refractivity contribution >= 4 is 35.6 Å². The third-order valence-corrected chi connectivity index (χ3v) is 2.51. The molecule has 0 unspecified atom stereocenters. The monoisotopic (exact) mass is 275 g/mol. The van der Waals surface area contributed by atoms with Gasteiger partial charge in [-0.2, -0.15) is 0 Å². The number of nitro groups is 1. The average molecular weight is 275 g/mol. The second kappa shape index (κ2) is 5.36. The molecule has 0 atom stereocenters. The molecule has 1 heterocycles. The van der Waals surface area contributed by atoms with Crippen molar-refractivity contribution in [3.05, 3.63) is 50.9 Å². The van der Waals surface area contributed by atoms with Crippen LogP contribution in [-0.2, 0) is 0 Å². The van der Waals surface area contributed by atoms with Crippen LogP contribution in [0.25, 0.3) is 0 Å². The maximum absolute atomic E-state index is 10.8. The van der Waals surface area contributed by atoms with E-state index < -0.39 is 4.92 Å². The van der Waals surface area contributed by atoms with Crippen LogP contribution in [0.15, 0.2) is 35.5 Å². The van der Waals surface area contributed by atoms with Crippen LogP contribution < -0.4 is 5.73 Å². The van der Waals surface area contributed by atoms with Gasteiger partial charge in [-0.1, -0.05) is 12.1 Å². The van der Waals surface area contributed by atoms with Crippen LogP contribution in [0.4, 0.5) is 17.2 Å². The van der Waals surface area contributed by atoms with Crippen LogP contribution in [0, 0.1) is 14.9 Å². The van der Waals surface area contributed by atoms with Crippen molar-refractivity contribution in [2.24, 2.45) is 4.99 Å². The maximum atomic E-state index is 10.8. The second-order valence-electron chi connectivity index (χ2n) is 3.56. The van der Waals surface area contributed by atoms with E-state index in [2.05, 4.69) is 15.0 Å². The van der Waals surface area contributed by atoms with Gasteiger partial charge in [-0.05, 0) is 18.3 Å². The van der Waals surface area contributed by atoms with Gasteiger partial charge >= 0.3 is 0 Å². The first-order valence-corrected chi connectivity index (χ1v) is 5.61. The number of para-hydroxylation sites is 1. The highest BCUT2D eigenvalue weighted by atomic mass is 32.1. The van der Waals surface area contributed by atoms with Crippen LogP contribution in [-0.4, -0.2) is 21.1 Å². The number of nitrogen functional groups attached to an aromatic ring is 1. The van der Waals surface area contributed by atoms with Crippen LogP contribution in [0.2, 0.25) is 0 Å². The fourth-order valence-corrected chi connectivity index (χ4v) is 1.57. The molecule has 8 heteroatoms. The van der Waals surface area contributed by atoms with E-state index in [0.717, 1.165) is 0 Å². The molecular formula is C11H9N5O2S. The largest absolute Gasteiger partial charge is 0.383 e. The molecule has 96 valence electrons. The summed E-state index contributed by atoms with van der Waals surface area (Å²) in [5.74, 6) is 0.259. The lowest BCUT2D eigenvalue weighted by Crippen LogP contribution is -1.95. The van der Waals surface area contributed by atoms with Crippen LogP contribution >= 0.6 is 12.2 Å². The number of hydrogen-bond donors (Lipinski definition) is 2. The minimum absolute atomic E-state index is 0.0263. The molecule has 0 bridgehead atoms. The van der Waals surface area contributed by atoms with Crippen molar-refractivity contribution in [1.82, 2.24) is 9.97 Å². The lowest BCUT2D eigenvalue weighted by atomic mass is 10.2. The van der Waals surface area contributed by atoms with E-state index in [-0.39, 0.29) is 16.3 Å². The summed E-state index contributed by atoms with van der Waals surface area (Å²) in [6, 6.07) is 6.28. The maximum Gasteiger partial charge on any atom is 0.278 e. The standard InChI is InChI=1S/C11H9N5O2S/c12-10-8(6-14-11(19)15-10)13-5-7-3-1-2-4-9(7)16(17)18/h1-6H,(H3,12,14,15,19). The molecule has 19 heavy (non-hydrogen) atoms. The molecular weight excluding hydrogens is 266 g/mol. The highest BCUT2D eigenvalue weighted by Gasteiger charge is 2.10. The molecule has 1 aromatic carbocycles. The van der Waals surface area contributed by atoms with Crippen molar-refractivity contribution in [3.63, 3.8) is 0 Å². The van der Waals surface area contributed by atoms with Crippen molar-refractivity contribution in [2.75, 3.05) is 5.73 Å². The highest BCUT2D eigenvalue weighted by molar-refractivity contribution is 7.71. The molecule has 0 radical (unpaired) electrons. The zero-order valence-electron chi connectivity index (χ0n) is 9.61. The minimum atomic E-state index is -0.471. The normalized spacial score (nSPS) is 10.7. The number of nitrogens with one attached hydrogen (secondary N) is 1. The van der Waals surface area contributed by atoms with E-state index in [1.54, 1.807) is 18.2 Å². The lowest BCUT2D eigenvalue weighted by Gasteiger charge is -1.99. The van der Waals surface area contributed by atoms with Gasteiger partial charge in [0.1, 0.15) is 11.5 Å². The fraction of sp³-hybridized carbons (Fsp3) is 0. The highest BCUT2D eigenvalue weighted by Crippen LogP contribution is 2.19. The summed E-state index contributed by atoms with van der Waals surface area (Å²) in [5, 5.41) is 10.8. The van der Waals surface area contributed by atoms with Gasteiger partial charge in [-0.3, -0.25) is 15.1 Å². The Morgan fingerprint density at radius 3 is 2.89 bits per heavy atom. The third kappa shape index (κ3) is 2.99. The van der Waals surface area contributed by atoms with Gasteiger partial charge in [0, 0.05) is 12.3 Å². The number of nitrogens with zero attached hydrogens (tertiary/aromatic N) is 3. The quantitative estimate of drug-likeness (QED) is 0.386. The zero-order chi connectivity index (χ0) is 13.8. The Hall–Kier alpha value is -2.61. The molecule has 0 spiro atoms. The number of nitrogens with two attached hydrogens (primary N) is 1. The van der Waals surface area contributed by atoms with E-state index in [4.69, 9.17) is 18.0 Å². The first-order valence-electron chi connectivity index (χ1n) is 5.20. The van der Waals surface area contributed by atoms with Gasteiger partial charge in [-0.25, -0.2) is 4.98 Å². The molecule has 0 saturated carbocycles. The van der Waals surface area contributed by atoms with Crippen LogP contribution in [0.3, 0.4) is 0 Å². The molecule has 0 saturated heterocycles. The van der Waals surface area contributed by atoms with Gasteiger partial charge in [0.05, 0.1) is 16.7 Å². The predicted octanol–water partition coefficient (Wildman–Crippen LogP) is 2.38. The number of aliphatic imine (C=N–C) groups is 1. The molecule has 2 aromatic rings. The Morgan fingerprint density at radius 1 is 1.47 bits per heavy atom. The molecule has 7 nitrogen and oxygen atoms in total. The Kier molecular flexibility index (Phi) is 3.62. The molecule has 0 aliphatic heterocycles. The second-order valence-corrected chi connectivity index (χ2v) is 3.95. The molecule has 0 aliphatic rings. The van der Waals surface area contributed by atoms with Crippen LogP contribution in [0.1, 0.15) is 5.56 Å². The number of aromatic nitrogens is 2. The Labute approximate surface area is 113 Å². The number of anilines is 1. The van der Waals surface area contributed by atoms with Crippen molar-refractivity contribution in [1.29, 1.82) is 0 Å². The predicted molar refractivity (Wildman–Crippen MR) is 74.2 cm³/mol. The number of hydrogen-bond acceptors (Lipinski definition) is 6. The SMILES string of the molecule is Nc1[nH]c(=S)ncc1N=Cc1ccccc1[N+](=O)[O-]. The van der Waals surface area contributed by atoms with E-state index in [1.807, 2.05) is 0 Å². The summed E-state index contributed by atoms with van der Waals surface area (Å²) in [6.07, 6.45) is 2.77. The van der Waals surface area contributed by atoms with Gasteiger partial charge in [0.25, 0.3) is 5.69 Å². The van der Waals surface area contributed by atoms with Crippen molar-refractivity contribution in [2.45, 2.75) is 0 Å². The third-order valence-electron chi connectivity index (χ3n) is 2.30. The number of rotatable bonds is 3. The summed E-state index contributed by atoms with van der Waals surface area (Å²) in [4.78, 5) is 20.9.